The molecule has 0 bridgehead atoms. The summed E-state index contributed by atoms with van der Waals surface area (Å²) in [5, 5.41) is 6.80. The molecule has 1 N–H and O–H groups in total. The zero-order valence-corrected chi connectivity index (χ0v) is 14.3. The lowest BCUT2D eigenvalue weighted by Crippen LogP contribution is -2.23. The zero-order chi connectivity index (χ0) is 16.8. The van der Waals surface area contributed by atoms with Crippen molar-refractivity contribution in [3.63, 3.8) is 0 Å². The van der Waals surface area contributed by atoms with Gasteiger partial charge >= 0.3 is 0 Å². The number of hydrogen-bond acceptors (Lipinski definition) is 7. The Labute approximate surface area is 138 Å². The number of nitrogens with zero attached hydrogens (tertiary/aromatic N) is 2. The zero-order valence-electron chi connectivity index (χ0n) is 13.5. The molecule has 0 aliphatic carbocycles. The molecule has 2 rings (SSSR count). The van der Waals surface area contributed by atoms with Crippen LogP contribution in [0.5, 0.6) is 17.2 Å². The van der Waals surface area contributed by atoms with Gasteiger partial charge in [-0.2, -0.15) is 0 Å². The maximum absolute atomic E-state index is 12.3. The van der Waals surface area contributed by atoms with Gasteiger partial charge in [-0.15, -0.1) is 5.10 Å². The number of hydrogen-bond donors (Lipinski definition) is 1. The molecule has 0 unspecified atom stereocenters. The third-order valence-electron chi connectivity index (χ3n) is 3.32. The SMILES string of the molecule is CCc1nnsc1C(=O)NCc1cc(OC)c(OC)cc1OC. The van der Waals surface area contributed by atoms with Gasteiger partial charge in [0.1, 0.15) is 10.6 Å². The summed E-state index contributed by atoms with van der Waals surface area (Å²) in [7, 11) is 4.68. The molecule has 0 spiro atoms. The molecule has 1 heterocycles. The summed E-state index contributed by atoms with van der Waals surface area (Å²) in [5.41, 5.74) is 1.49. The topological polar surface area (TPSA) is 82.6 Å². The molecule has 0 saturated carbocycles. The van der Waals surface area contributed by atoms with Crippen LogP contribution in [-0.4, -0.2) is 36.8 Å². The first-order valence-electron chi connectivity index (χ1n) is 7.02. The Bertz CT molecular complexity index is 687. The van der Waals surface area contributed by atoms with Crippen LogP contribution in [-0.2, 0) is 13.0 Å². The van der Waals surface area contributed by atoms with Gasteiger partial charge < -0.3 is 19.5 Å². The van der Waals surface area contributed by atoms with Crippen molar-refractivity contribution in [1.29, 1.82) is 0 Å². The molecule has 0 aliphatic rings. The van der Waals surface area contributed by atoms with Crippen molar-refractivity contribution in [3.05, 3.63) is 28.3 Å². The fourth-order valence-electron chi connectivity index (χ4n) is 2.10. The second kappa shape index (κ2) is 7.77. The van der Waals surface area contributed by atoms with Gasteiger partial charge in [-0.3, -0.25) is 4.79 Å². The highest BCUT2D eigenvalue weighted by molar-refractivity contribution is 7.08. The highest BCUT2D eigenvalue weighted by atomic mass is 32.1. The lowest BCUT2D eigenvalue weighted by atomic mass is 10.1. The van der Waals surface area contributed by atoms with Crippen LogP contribution in [0.25, 0.3) is 0 Å². The van der Waals surface area contributed by atoms with Gasteiger partial charge in [0.15, 0.2) is 11.5 Å². The molecule has 2 aromatic rings. The maximum Gasteiger partial charge on any atom is 0.265 e. The fraction of sp³-hybridized carbons (Fsp3) is 0.400. The molecule has 1 aromatic carbocycles. The first-order valence-corrected chi connectivity index (χ1v) is 7.80. The average Bonchev–Trinajstić information content (AvgIpc) is 3.07. The van der Waals surface area contributed by atoms with Crippen LogP contribution in [0, 0.1) is 0 Å². The molecule has 0 aliphatic heterocycles. The summed E-state index contributed by atoms with van der Waals surface area (Å²) in [4.78, 5) is 12.8. The van der Waals surface area contributed by atoms with Gasteiger partial charge in [0.05, 0.1) is 27.0 Å². The number of methoxy groups -OCH3 is 3. The van der Waals surface area contributed by atoms with E-state index in [1.807, 2.05) is 6.92 Å². The van der Waals surface area contributed by atoms with Crippen molar-refractivity contribution in [1.82, 2.24) is 14.9 Å². The van der Waals surface area contributed by atoms with E-state index in [1.54, 1.807) is 33.5 Å². The largest absolute Gasteiger partial charge is 0.496 e. The number of rotatable bonds is 7. The van der Waals surface area contributed by atoms with Crippen LogP contribution in [0.2, 0.25) is 0 Å². The number of nitrogens with one attached hydrogen (secondary N) is 1. The lowest BCUT2D eigenvalue weighted by Gasteiger charge is -2.14. The van der Waals surface area contributed by atoms with Crippen LogP contribution in [0.1, 0.15) is 27.9 Å². The Morgan fingerprint density at radius 3 is 2.39 bits per heavy atom. The summed E-state index contributed by atoms with van der Waals surface area (Å²) in [6, 6.07) is 3.51. The molecule has 124 valence electrons. The van der Waals surface area contributed by atoms with E-state index in [2.05, 4.69) is 14.9 Å². The van der Waals surface area contributed by atoms with Gasteiger partial charge in [0.25, 0.3) is 5.91 Å². The summed E-state index contributed by atoms with van der Waals surface area (Å²) in [6.07, 6.45) is 0.666. The Hall–Kier alpha value is -2.35. The second-order valence-corrected chi connectivity index (χ2v) is 5.36. The molecule has 1 amide bonds. The maximum atomic E-state index is 12.3. The van der Waals surface area contributed by atoms with E-state index in [0.717, 1.165) is 17.1 Å². The highest BCUT2D eigenvalue weighted by Crippen LogP contribution is 2.34. The summed E-state index contributed by atoms with van der Waals surface area (Å²) in [6.45, 7) is 2.23. The Balaban J connectivity index is 2.18. The molecule has 7 nitrogen and oxygen atoms in total. The smallest absolute Gasteiger partial charge is 0.265 e. The van der Waals surface area contributed by atoms with Crippen molar-refractivity contribution in [3.8, 4) is 17.2 Å². The molecule has 0 fully saturated rings. The van der Waals surface area contributed by atoms with Gasteiger partial charge in [-0.25, -0.2) is 0 Å². The van der Waals surface area contributed by atoms with Crippen molar-refractivity contribution < 1.29 is 19.0 Å². The summed E-state index contributed by atoms with van der Waals surface area (Å²) >= 11 is 1.09. The molecule has 0 radical (unpaired) electrons. The molecule has 0 atom stereocenters. The molecule has 23 heavy (non-hydrogen) atoms. The Kier molecular flexibility index (Phi) is 5.75. The number of benzene rings is 1. The van der Waals surface area contributed by atoms with Gasteiger partial charge in [-0.1, -0.05) is 11.4 Å². The third-order valence-corrected chi connectivity index (χ3v) is 4.09. The van der Waals surface area contributed by atoms with E-state index < -0.39 is 0 Å². The van der Waals surface area contributed by atoms with Crippen LogP contribution in [0.4, 0.5) is 0 Å². The van der Waals surface area contributed by atoms with E-state index in [0.29, 0.717) is 40.8 Å². The standard InChI is InChI=1S/C15H19N3O4S/c1-5-10-14(23-18-17-10)15(19)16-8-9-6-12(21-3)13(22-4)7-11(9)20-2/h6-7H,5,8H2,1-4H3,(H,16,19). The quantitative estimate of drug-likeness (QED) is 0.833. The minimum absolute atomic E-state index is 0.200. The van der Waals surface area contributed by atoms with Crippen LogP contribution < -0.4 is 19.5 Å². The number of carbonyl (C=O) groups is 1. The minimum atomic E-state index is -0.200. The van der Waals surface area contributed by atoms with Crippen molar-refractivity contribution in [2.24, 2.45) is 0 Å². The van der Waals surface area contributed by atoms with E-state index >= 15 is 0 Å². The van der Waals surface area contributed by atoms with Crippen LogP contribution >= 0.6 is 11.5 Å². The highest BCUT2D eigenvalue weighted by Gasteiger charge is 2.17. The van der Waals surface area contributed by atoms with E-state index in [-0.39, 0.29) is 5.91 Å². The van der Waals surface area contributed by atoms with E-state index in [9.17, 15) is 4.79 Å². The number of ether oxygens (including phenoxy) is 3. The summed E-state index contributed by atoms with van der Waals surface area (Å²) < 4.78 is 19.7. The van der Waals surface area contributed by atoms with Crippen LogP contribution in [0.3, 0.4) is 0 Å². The molecular formula is C15H19N3O4S. The Morgan fingerprint density at radius 1 is 1.13 bits per heavy atom. The normalized spacial score (nSPS) is 10.3. The Morgan fingerprint density at radius 2 is 1.78 bits per heavy atom. The predicted molar refractivity (Wildman–Crippen MR) is 86.6 cm³/mol. The first kappa shape index (κ1) is 17.0. The molecular weight excluding hydrogens is 318 g/mol. The van der Waals surface area contributed by atoms with Crippen molar-refractivity contribution >= 4 is 17.4 Å². The fourth-order valence-corrected chi connectivity index (χ4v) is 2.77. The number of aryl methyl sites for hydroxylation is 1. The molecule has 0 saturated heterocycles. The minimum Gasteiger partial charge on any atom is -0.496 e. The van der Waals surface area contributed by atoms with E-state index in [4.69, 9.17) is 14.2 Å². The van der Waals surface area contributed by atoms with E-state index in [1.165, 1.54) is 0 Å². The van der Waals surface area contributed by atoms with Crippen LogP contribution in [0.15, 0.2) is 12.1 Å². The third kappa shape index (κ3) is 3.70. The summed E-state index contributed by atoms with van der Waals surface area (Å²) in [5.74, 6) is 1.56. The monoisotopic (exact) mass is 337 g/mol. The lowest BCUT2D eigenvalue weighted by molar-refractivity contribution is 0.0953. The number of amides is 1. The van der Waals surface area contributed by atoms with Crippen molar-refractivity contribution in [2.75, 3.05) is 21.3 Å². The second-order valence-electron chi connectivity index (χ2n) is 4.60. The van der Waals surface area contributed by atoms with Gasteiger partial charge in [0, 0.05) is 18.2 Å². The number of aromatic nitrogens is 2. The average molecular weight is 337 g/mol. The van der Waals surface area contributed by atoms with Gasteiger partial charge in [0.2, 0.25) is 0 Å². The van der Waals surface area contributed by atoms with Crippen molar-refractivity contribution in [2.45, 2.75) is 19.9 Å². The molecule has 8 heteroatoms. The predicted octanol–water partition coefficient (Wildman–Crippen LogP) is 2.06. The molecule has 1 aromatic heterocycles. The number of carbonyl (C=O) groups excluding carboxylic acids is 1. The van der Waals surface area contributed by atoms with Gasteiger partial charge in [-0.05, 0) is 24.0 Å². The first-order chi connectivity index (χ1) is 11.1.